The zero-order valence-corrected chi connectivity index (χ0v) is 8.96. The molecule has 2 aliphatic rings. The normalized spacial score (nSPS) is 20.9. The molecule has 0 heterocycles. The molecule has 80 valence electrons. The fourth-order valence-electron chi connectivity index (χ4n) is 1.63. The molecular weight excluding hydrogens is 176 g/mol. The number of carbonyl (C=O) groups is 1. The molecule has 2 aliphatic carbocycles. The molecule has 3 nitrogen and oxygen atoms in total. The first-order chi connectivity index (χ1) is 6.75. The maximum atomic E-state index is 11.6. The van der Waals surface area contributed by atoms with E-state index in [9.17, 15) is 4.79 Å². The van der Waals surface area contributed by atoms with Crippen LogP contribution in [0, 0.1) is 11.8 Å². The lowest BCUT2D eigenvalue weighted by atomic mass is 10.3. The summed E-state index contributed by atoms with van der Waals surface area (Å²) in [6, 6.07) is 0. The number of carbonyl (C=O) groups excluding carboxylic acids is 1. The van der Waals surface area contributed by atoms with Gasteiger partial charge in [-0.1, -0.05) is 0 Å². The van der Waals surface area contributed by atoms with Crippen molar-refractivity contribution in [3.05, 3.63) is 0 Å². The van der Waals surface area contributed by atoms with E-state index < -0.39 is 0 Å². The molecule has 0 aromatic carbocycles. The Morgan fingerprint density at radius 1 is 1.29 bits per heavy atom. The molecule has 14 heavy (non-hydrogen) atoms. The van der Waals surface area contributed by atoms with Crippen LogP contribution in [0.5, 0.6) is 0 Å². The van der Waals surface area contributed by atoms with Gasteiger partial charge >= 0.3 is 0 Å². The Bertz CT molecular complexity index is 209. The summed E-state index contributed by atoms with van der Waals surface area (Å²) >= 11 is 0. The fraction of sp³-hybridized carbons (Fsp3) is 0.909. The lowest BCUT2D eigenvalue weighted by Crippen LogP contribution is -2.37. The van der Waals surface area contributed by atoms with Crippen LogP contribution in [-0.4, -0.2) is 37.5 Å². The van der Waals surface area contributed by atoms with Crippen LogP contribution in [0.4, 0.5) is 0 Å². The first-order valence-corrected chi connectivity index (χ1v) is 5.70. The Balaban J connectivity index is 1.55. The maximum Gasteiger partial charge on any atom is 0.236 e. The Morgan fingerprint density at radius 3 is 2.50 bits per heavy atom. The van der Waals surface area contributed by atoms with Gasteiger partial charge in [0.1, 0.15) is 0 Å². The topological polar surface area (TPSA) is 32.3 Å². The number of likely N-dealkylation sites (N-methyl/N-ethyl adjacent to an activating group) is 1. The largest absolute Gasteiger partial charge is 0.344 e. The zero-order chi connectivity index (χ0) is 9.97. The zero-order valence-electron chi connectivity index (χ0n) is 8.96. The van der Waals surface area contributed by atoms with Gasteiger partial charge in [0.2, 0.25) is 5.91 Å². The molecule has 0 saturated heterocycles. The smallest absolute Gasteiger partial charge is 0.236 e. The summed E-state index contributed by atoms with van der Waals surface area (Å²) in [5, 5.41) is 3.23. The van der Waals surface area contributed by atoms with Crippen LogP contribution in [0.1, 0.15) is 25.7 Å². The average molecular weight is 196 g/mol. The van der Waals surface area contributed by atoms with E-state index in [1.54, 1.807) is 0 Å². The average Bonchev–Trinajstić information content (AvgIpc) is 2.97. The van der Waals surface area contributed by atoms with Crippen LogP contribution in [0.2, 0.25) is 0 Å². The van der Waals surface area contributed by atoms with Crippen molar-refractivity contribution in [1.82, 2.24) is 10.2 Å². The molecule has 0 unspecified atom stereocenters. The molecule has 0 aromatic rings. The lowest BCUT2D eigenvalue weighted by molar-refractivity contribution is -0.129. The van der Waals surface area contributed by atoms with E-state index in [-0.39, 0.29) is 5.91 Å². The van der Waals surface area contributed by atoms with E-state index in [2.05, 4.69) is 5.32 Å². The van der Waals surface area contributed by atoms with E-state index in [1.165, 1.54) is 25.7 Å². The third-order valence-electron chi connectivity index (χ3n) is 3.06. The van der Waals surface area contributed by atoms with Crippen molar-refractivity contribution in [2.75, 3.05) is 26.7 Å². The van der Waals surface area contributed by atoms with E-state index in [0.29, 0.717) is 6.54 Å². The molecule has 0 atom stereocenters. The van der Waals surface area contributed by atoms with E-state index in [1.807, 2.05) is 11.9 Å². The van der Waals surface area contributed by atoms with Gasteiger partial charge in [-0.25, -0.2) is 0 Å². The molecule has 3 heteroatoms. The predicted octanol–water partition coefficient (Wildman–Crippen LogP) is 0.854. The second-order valence-corrected chi connectivity index (χ2v) is 4.79. The number of hydrogen-bond acceptors (Lipinski definition) is 2. The van der Waals surface area contributed by atoms with Crippen LogP contribution in [0.25, 0.3) is 0 Å². The van der Waals surface area contributed by atoms with Gasteiger partial charge in [-0.2, -0.15) is 0 Å². The summed E-state index contributed by atoms with van der Waals surface area (Å²) in [5.74, 6) is 1.90. The van der Waals surface area contributed by atoms with Crippen LogP contribution in [0.15, 0.2) is 0 Å². The monoisotopic (exact) mass is 196 g/mol. The number of amides is 1. The summed E-state index contributed by atoms with van der Waals surface area (Å²) in [5.41, 5.74) is 0. The molecule has 0 bridgehead atoms. The molecule has 0 spiro atoms. The molecule has 0 aromatic heterocycles. The van der Waals surface area contributed by atoms with Crippen molar-refractivity contribution >= 4 is 5.91 Å². The molecule has 2 fully saturated rings. The van der Waals surface area contributed by atoms with Crippen LogP contribution < -0.4 is 5.32 Å². The predicted molar refractivity (Wildman–Crippen MR) is 56.0 cm³/mol. The third-order valence-corrected chi connectivity index (χ3v) is 3.06. The van der Waals surface area contributed by atoms with Gasteiger partial charge < -0.3 is 10.2 Å². The minimum absolute atomic E-state index is 0.248. The van der Waals surface area contributed by atoms with Crippen LogP contribution in [0.3, 0.4) is 0 Å². The highest BCUT2D eigenvalue weighted by Crippen LogP contribution is 2.29. The number of rotatable bonds is 6. The van der Waals surface area contributed by atoms with Crippen molar-refractivity contribution in [2.24, 2.45) is 11.8 Å². The lowest BCUT2D eigenvalue weighted by Gasteiger charge is -2.16. The SMILES string of the molecule is CN(CC1CC1)C(=O)CNCC1CC1. The summed E-state index contributed by atoms with van der Waals surface area (Å²) in [4.78, 5) is 13.4. The molecule has 1 amide bonds. The summed E-state index contributed by atoms with van der Waals surface area (Å²) in [6.45, 7) is 2.52. The van der Waals surface area contributed by atoms with E-state index >= 15 is 0 Å². The van der Waals surface area contributed by atoms with Gasteiger partial charge in [-0.3, -0.25) is 4.79 Å². The summed E-state index contributed by atoms with van der Waals surface area (Å²) in [6.07, 6.45) is 5.32. The first-order valence-electron chi connectivity index (χ1n) is 5.70. The Kier molecular flexibility index (Phi) is 3.06. The molecular formula is C11H20N2O. The summed E-state index contributed by atoms with van der Waals surface area (Å²) < 4.78 is 0. The quantitative estimate of drug-likeness (QED) is 0.683. The first kappa shape index (κ1) is 9.97. The number of nitrogens with zero attached hydrogens (tertiary/aromatic N) is 1. The van der Waals surface area contributed by atoms with Gasteiger partial charge in [0, 0.05) is 13.6 Å². The minimum Gasteiger partial charge on any atom is -0.344 e. The highest BCUT2D eigenvalue weighted by Gasteiger charge is 2.25. The van der Waals surface area contributed by atoms with Crippen molar-refractivity contribution in [3.8, 4) is 0 Å². The van der Waals surface area contributed by atoms with Gasteiger partial charge in [0.25, 0.3) is 0 Å². The Labute approximate surface area is 85.8 Å². The molecule has 2 saturated carbocycles. The van der Waals surface area contributed by atoms with Gasteiger partial charge in [-0.05, 0) is 44.1 Å². The molecule has 0 aliphatic heterocycles. The van der Waals surface area contributed by atoms with Gasteiger partial charge in [0.05, 0.1) is 6.54 Å². The fourth-order valence-corrected chi connectivity index (χ4v) is 1.63. The van der Waals surface area contributed by atoms with Crippen molar-refractivity contribution < 1.29 is 4.79 Å². The number of hydrogen-bond donors (Lipinski definition) is 1. The van der Waals surface area contributed by atoms with Crippen LogP contribution >= 0.6 is 0 Å². The van der Waals surface area contributed by atoms with Crippen molar-refractivity contribution in [1.29, 1.82) is 0 Å². The Morgan fingerprint density at radius 2 is 1.93 bits per heavy atom. The highest BCUT2D eigenvalue weighted by molar-refractivity contribution is 5.77. The van der Waals surface area contributed by atoms with E-state index in [4.69, 9.17) is 0 Å². The van der Waals surface area contributed by atoms with Crippen LogP contribution in [-0.2, 0) is 4.79 Å². The molecule has 0 radical (unpaired) electrons. The minimum atomic E-state index is 0.248. The van der Waals surface area contributed by atoms with Gasteiger partial charge in [0.15, 0.2) is 0 Å². The molecule has 1 N–H and O–H groups in total. The standard InChI is InChI=1S/C11H20N2O/c1-13(8-10-4-5-10)11(14)7-12-6-9-2-3-9/h9-10,12H,2-8H2,1H3. The second-order valence-electron chi connectivity index (χ2n) is 4.79. The Hall–Kier alpha value is -0.570. The van der Waals surface area contributed by atoms with Crippen molar-refractivity contribution in [2.45, 2.75) is 25.7 Å². The van der Waals surface area contributed by atoms with Gasteiger partial charge in [-0.15, -0.1) is 0 Å². The van der Waals surface area contributed by atoms with Crippen molar-refractivity contribution in [3.63, 3.8) is 0 Å². The highest BCUT2D eigenvalue weighted by atomic mass is 16.2. The number of nitrogens with one attached hydrogen (secondary N) is 1. The maximum absolute atomic E-state index is 11.6. The second kappa shape index (κ2) is 4.30. The molecule has 2 rings (SSSR count). The summed E-state index contributed by atoms with van der Waals surface area (Å²) in [7, 11) is 1.92. The third kappa shape index (κ3) is 3.29. The van der Waals surface area contributed by atoms with E-state index in [0.717, 1.165) is 24.9 Å².